The Morgan fingerprint density at radius 1 is 1.00 bits per heavy atom. The highest BCUT2D eigenvalue weighted by Gasteiger charge is 2.04. The van der Waals surface area contributed by atoms with Gasteiger partial charge in [0, 0.05) is 10.6 Å². The van der Waals surface area contributed by atoms with E-state index >= 15 is 0 Å². The Labute approximate surface area is 104 Å². The fourth-order valence-electron chi connectivity index (χ4n) is 1.54. The summed E-state index contributed by atoms with van der Waals surface area (Å²) < 4.78 is 12.1. The molecule has 2 N–H and O–H groups in total. The summed E-state index contributed by atoms with van der Waals surface area (Å²) in [5.41, 5.74) is 8.60. The van der Waals surface area contributed by atoms with Crippen LogP contribution in [0, 0.1) is 6.92 Å². The zero-order chi connectivity index (χ0) is 12.3. The molecular weight excluding hydrogens is 230 g/mol. The maximum absolute atomic E-state index is 12.1. The molecule has 3 heteroatoms. The third-order valence-corrected chi connectivity index (χ3v) is 3.95. The van der Waals surface area contributed by atoms with Crippen molar-refractivity contribution in [2.75, 3.05) is 5.73 Å². The van der Waals surface area contributed by atoms with Gasteiger partial charge in [-0.1, -0.05) is 29.8 Å². The van der Waals surface area contributed by atoms with Gasteiger partial charge < -0.3 is 5.73 Å². The maximum atomic E-state index is 12.1. The van der Waals surface area contributed by atoms with E-state index in [0.717, 1.165) is 10.5 Å². The number of nitrogens with two attached hydrogens (primary N) is 1. The molecule has 0 radical (unpaired) electrons. The molecule has 0 amide bonds. The first-order valence-corrected chi connectivity index (χ1v) is 6.76. The number of hydrogen-bond donors (Lipinski definition) is 1. The van der Waals surface area contributed by atoms with Crippen molar-refractivity contribution >= 4 is 16.5 Å². The van der Waals surface area contributed by atoms with Crippen LogP contribution in [-0.2, 0) is 16.6 Å². The molecule has 0 saturated heterocycles. The second-order valence-corrected chi connectivity index (χ2v) is 5.50. The SMILES string of the molecule is Cc1ccc(CS(=O)c2ccc(N)cc2)cc1. The Morgan fingerprint density at radius 3 is 2.18 bits per heavy atom. The monoisotopic (exact) mass is 245 g/mol. The van der Waals surface area contributed by atoms with E-state index in [0.29, 0.717) is 11.4 Å². The highest BCUT2D eigenvalue weighted by molar-refractivity contribution is 7.84. The molecule has 2 aromatic carbocycles. The van der Waals surface area contributed by atoms with Crippen molar-refractivity contribution in [2.24, 2.45) is 0 Å². The van der Waals surface area contributed by atoms with E-state index in [1.165, 1.54) is 5.56 Å². The predicted molar refractivity (Wildman–Crippen MR) is 72.1 cm³/mol. The molecule has 0 aliphatic carbocycles. The van der Waals surface area contributed by atoms with Gasteiger partial charge in [0.2, 0.25) is 0 Å². The lowest BCUT2D eigenvalue weighted by atomic mass is 10.2. The van der Waals surface area contributed by atoms with Gasteiger partial charge in [0.1, 0.15) is 0 Å². The average Bonchev–Trinajstić information content (AvgIpc) is 2.33. The van der Waals surface area contributed by atoms with Crippen LogP contribution in [0.3, 0.4) is 0 Å². The molecule has 1 unspecified atom stereocenters. The molecule has 0 saturated carbocycles. The van der Waals surface area contributed by atoms with Crippen LogP contribution in [0.25, 0.3) is 0 Å². The van der Waals surface area contributed by atoms with Gasteiger partial charge in [-0.25, -0.2) is 0 Å². The van der Waals surface area contributed by atoms with E-state index in [1.54, 1.807) is 12.1 Å². The van der Waals surface area contributed by atoms with Crippen molar-refractivity contribution < 1.29 is 4.21 Å². The van der Waals surface area contributed by atoms with Gasteiger partial charge in [-0.2, -0.15) is 0 Å². The molecule has 0 heterocycles. The summed E-state index contributed by atoms with van der Waals surface area (Å²) in [4.78, 5) is 0.819. The highest BCUT2D eigenvalue weighted by atomic mass is 32.2. The Bertz CT molecular complexity index is 517. The summed E-state index contributed by atoms with van der Waals surface area (Å²) in [5, 5.41) is 0. The minimum atomic E-state index is -1.00. The van der Waals surface area contributed by atoms with Crippen LogP contribution in [0.2, 0.25) is 0 Å². The predicted octanol–water partition coefficient (Wildman–Crippen LogP) is 2.89. The molecule has 17 heavy (non-hydrogen) atoms. The Kier molecular flexibility index (Phi) is 3.59. The van der Waals surface area contributed by atoms with Crippen LogP contribution in [0.1, 0.15) is 11.1 Å². The van der Waals surface area contributed by atoms with Gasteiger partial charge in [0.25, 0.3) is 0 Å². The third-order valence-electron chi connectivity index (χ3n) is 2.56. The smallest absolute Gasteiger partial charge is 0.0574 e. The second kappa shape index (κ2) is 5.15. The van der Waals surface area contributed by atoms with Crippen LogP contribution in [0.4, 0.5) is 5.69 Å². The fraction of sp³-hybridized carbons (Fsp3) is 0.143. The summed E-state index contributed by atoms with van der Waals surface area (Å²) in [7, 11) is -1.00. The van der Waals surface area contributed by atoms with Crippen molar-refractivity contribution in [1.82, 2.24) is 0 Å². The molecular formula is C14H15NOS. The quantitative estimate of drug-likeness (QED) is 0.845. The summed E-state index contributed by atoms with van der Waals surface area (Å²) in [5.74, 6) is 0.546. The molecule has 0 aliphatic rings. The molecule has 0 fully saturated rings. The Balaban J connectivity index is 2.11. The number of benzene rings is 2. The Morgan fingerprint density at radius 2 is 1.59 bits per heavy atom. The van der Waals surface area contributed by atoms with Crippen LogP contribution >= 0.6 is 0 Å². The molecule has 2 nitrogen and oxygen atoms in total. The standard InChI is InChI=1S/C14H15NOS/c1-11-2-4-12(5-3-11)10-17(16)14-8-6-13(15)7-9-14/h2-9H,10,15H2,1H3. The van der Waals surface area contributed by atoms with Crippen molar-refractivity contribution in [3.8, 4) is 0 Å². The normalized spacial score (nSPS) is 12.3. The van der Waals surface area contributed by atoms with E-state index in [1.807, 2.05) is 43.3 Å². The molecule has 0 aliphatic heterocycles. The van der Waals surface area contributed by atoms with Crippen molar-refractivity contribution in [3.05, 3.63) is 59.7 Å². The molecule has 2 rings (SSSR count). The lowest BCUT2D eigenvalue weighted by Crippen LogP contribution is -1.97. The topological polar surface area (TPSA) is 43.1 Å². The van der Waals surface area contributed by atoms with Crippen LogP contribution in [-0.4, -0.2) is 4.21 Å². The largest absolute Gasteiger partial charge is 0.399 e. The zero-order valence-corrected chi connectivity index (χ0v) is 10.5. The maximum Gasteiger partial charge on any atom is 0.0574 e. The van der Waals surface area contributed by atoms with Crippen LogP contribution in [0.15, 0.2) is 53.4 Å². The van der Waals surface area contributed by atoms with E-state index in [2.05, 4.69) is 0 Å². The first-order chi connectivity index (χ1) is 8.15. The van der Waals surface area contributed by atoms with E-state index in [4.69, 9.17) is 5.73 Å². The first-order valence-electron chi connectivity index (χ1n) is 5.44. The number of rotatable bonds is 3. The molecule has 0 bridgehead atoms. The summed E-state index contributed by atoms with van der Waals surface area (Å²) in [6.07, 6.45) is 0. The van der Waals surface area contributed by atoms with Crippen LogP contribution in [0.5, 0.6) is 0 Å². The molecule has 0 aromatic heterocycles. The Hall–Kier alpha value is -1.61. The number of hydrogen-bond acceptors (Lipinski definition) is 2. The van der Waals surface area contributed by atoms with Crippen molar-refractivity contribution in [2.45, 2.75) is 17.6 Å². The lowest BCUT2D eigenvalue weighted by Gasteiger charge is -2.03. The molecule has 1 atom stereocenters. The number of nitrogen functional groups attached to an aromatic ring is 1. The van der Waals surface area contributed by atoms with Gasteiger partial charge in [-0.15, -0.1) is 0 Å². The summed E-state index contributed by atoms with van der Waals surface area (Å²) in [6.45, 7) is 2.04. The van der Waals surface area contributed by atoms with E-state index < -0.39 is 10.8 Å². The minimum Gasteiger partial charge on any atom is -0.399 e. The van der Waals surface area contributed by atoms with Gasteiger partial charge in [0.15, 0.2) is 0 Å². The summed E-state index contributed by atoms with van der Waals surface area (Å²) in [6, 6.07) is 15.3. The second-order valence-electron chi connectivity index (χ2n) is 4.04. The first kappa shape index (κ1) is 11.9. The molecule has 2 aromatic rings. The summed E-state index contributed by atoms with van der Waals surface area (Å²) >= 11 is 0. The zero-order valence-electron chi connectivity index (χ0n) is 9.72. The molecule has 88 valence electrons. The lowest BCUT2D eigenvalue weighted by molar-refractivity contribution is 0.682. The van der Waals surface area contributed by atoms with Gasteiger partial charge in [-0.3, -0.25) is 4.21 Å². The number of anilines is 1. The van der Waals surface area contributed by atoms with E-state index in [-0.39, 0.29) is 0 Å². The average molecular weight is 245 g/mol. The van der Waals surface area contributed by atoms with Gasteiger partial charge in [-0.05, 0) is 36.8 Å². The molecule has 0 spiro atoms. The van der Waals surface area contributed by atoms with Gasteiger partial charge >= 0.3 is 0 Å². The minimum absolute atomic E-state index is 0.546. The van der Waals surface area contributed by atoms with Gasteiger partial charge in [0.05, 0.1) is 16.6 Å². The fourth-order valence-corrected chi connectivity index (χ4v) is 2.64. The van der Waals surface area contributed by atoms with Crippen molar-refractivity contribution in [1.29, 1.82) is 0 Å². The third kappa shape index (κ3) is 3.17. The highest BCUT2D eigenvalue weighted by Crippen LogP contribution is 2.14. The van der Waals surface area contributed by atoms with Crippen LogP contribution < -0.4 is 5.73 Å². The number of aryl methyl sites for hydroxylation is 1. The van der Waals surface area contributed by atoms with E-state index in [9.17, 15) is 4.21 Å². The van der Waals surface area contributed by atoms with Crippen molar-refractivity contribution in [3.63, 3.8) is 0 Å².